The first-order valence-electron chi connectivity index (χ1n) is 10.4. The first-order chi connectivity index (χ1) is 13.9. The minimum atomic E-state index is -0.509. The molecule has 1 aromatic carbocycles. The van der Waals surface area contributed by atoms with Crippen LogP contribution in [0.15, 0.2) is 24.3 Å². The van der Waals surface area contributed by atoms with Crippen molar-refractivity contribution in [3.63, 3.8) is 0 Å². The molecular weight excluding hydrogens is 366 g/mol. The zero-order valence-electron chi connectivity index (χ0n) is 17.1. The quantitative estimate of drug-likeness (QED) is 0.615. The van der Waals surface area contributed by atoms with Gasteiger partial charge in [0.2, 0.25) is 5.91 Å². The number of hydrogen-bond acceptors (Lipinski definition) is 5. The molecule has 0 spiro atoms. The maximum absolute atomic E-state index is 12.8. The molecule has 1 aliphatic rings. The third kappa shape index (κ3) is 3.79. The van der Waals surface area contributed by atoms with Gasteiger partial charge in [-0.15, -0.1) is 0 Å². The van der Waals surface area contributed by atoms with Crippen molar-refractivity contribution in [3.05, 3.63) is 30.1 Å². The second kappa shape index (κ2) is 7.63. The Balaban J connectivity index is 1.71. The highest BCUT2D eigenvalue weighted by atomic mass is 16.3. The summed E-state index contributed by atoms with van der Waals surface area (Å²) in [6, 6.07) is 7.77. The van der Waals surface area contributed by atoms with Crippen molar-refractivity contribution in [1.29, 1.82) is 0 Å². The lowest BCUT2D eigenvalue weighted by Crippen LogP contribution is -2.49. The fraction of sp³-hybridized carbons (Fsp3) is 0.500. The summed E-state index contributed by atoms with van der Waals surface area (Å²) in [7, 11) is 0. The van der Waals surface area contributed by atoms with E-state index in [0.717, 1.165) is 42.1 Å². The lowest BCUT2D eigenvalue weighted by Gasteiger charge is -2.31. The number of aromatic nitrogens is 3. The smallest absolute Gasteiger partial charge is 0.223 e. The van der Waals surface area contributed by atoms with Crippen LogP contribution in [0.1, 0.15) is 51.8 Å². The SMILES string of the molecule is CC(C)(Cn1c(CO)nc2c(N)nc3ccccc3c21)NC(=O)C1CCCCC1. The van der Waals surface area contributed by atoms with Crippen LogP contribution in [-0.2, 0) is 17.9 Å². The lowest BCUT2D eigenvalue weighted by molar-refractivity contribution is -0.127. The number of nitrogens with one attached hydrogen (secondary N) is 1. The molecule has 2 aromatic heterocycles. The van der Waals surface area contributed by atoms with Crippen LogP contribution in [0.3, 0.4) is 0 Å². The molecule has 154 valence electrons. The highest BCUT2D eigenvalue weighted by molar-refractivity contribution is 6.06. The Morgan fingerprint density at radius 2 is 1.97 bits per heavy atom. The van der Waals surface area contributed by atoms with E-state index < -0.39 is 5.54 Å². The molecule has 3 aromatic rings. The maximum atomic E-state index is 12.8. The largest absolute Gasteiger partial charge is 0.388 e. The average Bonchev–Trinajstić information content (AvgIpc) is 3.07. The van der Waals surface area contributed by atoms with E-state index in [9.17, 15) is 9.90 Å². The molecule has 0 radical (unpaired) electrons. The molecule has 1 fully saturated rings. The fourth-order valence-corrected chi connectivity index (χ4v) is 4.43. The number of nitrogens with zero attached hydrogens (tertiary/aromatic N) is 3. The van der Waals surface area contributed by atoms with Crippen LogP contribution in [-0.4, -0.2) is 31.1 Å². The van der Waals surface area contributed by atoms with Crippen molar-refractivity contribution in [1.82, 2.24) is 19.9 Å². The number of carbonyl (C=O) groups is 1. The third-order valence-corrected chi connectivity index (χ3v) is 5.82. The predicted octanol–water partition coefficient (Wildman–Crippen LogP) is 3.13. The van der Waals surface area contributed by atoms with Crippen LogP contribution in [0.25, 0.3) is 21.9 Å². The molecule has 0 aliphatic heterocycles. The highest BCUT2D eigenvalue weighted by Gasteiger charge is 2.29. The number of pyridine rings is 1. The summed E-state index contributed by atoms with van der Waals surface area (Å²) in [5.41, 5.74) is 7.87. The van der Waals surface area contributed by atoms with E-state index in [1.54, 1.807) is 0 Å². The van der Waals surface area contributed by atoms with E-state index >= 15 is 0 Å². The normalized spacial score (nSPS) is 15.8. The number of hydrogen-bond donors (Lipinski definition) is 3. The number of amides is 1. The number of anilines is 1. The molecule has 1 amide bonds. The van der Waals surface area contributed by atoms with Gasteiger partial charge in [-0.05, 0) is 32.8 Å². The number of fused-ring (bicyclic) bond motifs is 3. The van der Waals surface area contributed by atoms with Crippen LogP contribution in [0.5, 0.6) is 0 Å². The number of benzene rings is 1. The molecule has 1 aliphatic carbocycles. The van der Waals surface area contributed by atoms with E-state index in [-0.39, 0.29) is 18.4 Å². The topological polar surface area (TPSA) is 106 Å². The molecule has 0 unspecified atom stereocenters. The first-order valence-corrected chi connectivity index (χ1v) is 10.4. The summed E-state index contributed by atoms with van der Waals surface area (Å²) in [6.07, 6.45) is 5.39. The number of aliphatic hydroxyl groups is 1. The van der Waals surface area contributed by atoms with Gasteiger partial charge in [0, 0.05) is 17.8 Å². The van der Waals surface area contributed by atoms with Gasteiger partial charge in [0.1, 0.15) is 17.9 Å². The van der Waals surface area contributed by atoms with Crippen LogP contribution in [0.2, 0.25) is 0 Å². The molecule has 7 heteroatoms. The van der Waals surface area contributed by atoms with Gasteiger partial charge in [-0.1, -0.05) is 37.5 Å². The number of aliphatic hydroxyl groups excluding tert-OH is 1. The number of para-hydroxylation sites is 1. The van der Waals surface area contributed by atoms with Crippen molar-refractivity contribution >= 4 is 33.7 Å². The highest BCUT2D eigenvalue weighted by Crippen LogP contribution is 2.30. The summed E-state index contributed by atoms with van der Waals surface area (Å²) in [6.45, 7) is 4.28. The molecule has 7 nitrogen and oxygen atoms in total. The number of nitrogens with two attached hydrogens (primary N) is 1. The van der Waals surface area contributed by atoms with Crippen molar-refractivity contribution in [2.45, 2.75) is 64.6 Å². The zero-order chi connectivity index (χ0) is 20.6. The van der Waals surface area contributed by atoms with Crippen LogP contribution in [0, 0.1) is 5.92 Å². The first kappa shape index (κ1) is 19.6. The monoisotopic (exact) mass is 395 g/mol. The minimum Gasteiger partial charge on any atom is -0.388 e. The van der Waals surface area contributed by atoms with Gasteiger partial charge in [0.15, 0.2) is 5.82 Å². The molecule has 0 bridgehead atoms. The van der Waals surface area contributed by atoms with Gasteiger partial charge in [0.25, 0.3) is 0 Å². The summed E-state index contributed by atoms with van der Waals surface area (Å²) < 4.78 is 1.97. The number of imidazole rings is 1. The van der Waals surface area contributed by atoms with E-state index in [0.29, 0.717) is 23.7 Å². The van der Waals surface area contributed by atoms with Crippen molar-refractivity contribution in [2.24, 2.45) is 5.92 Å². The zero-order valence-corrected chi connectivity index (χ0v) is 17.1. The van der Waals surface area contributed by atoms with Crippen molar-refractivity contribution in [3.8, 4) is 0 Å². The Labute approximate surface area is 170 Å². The molecule has 4 rings (SSSR count). The third-order valence-electron chi connectivity index (χ3n) is 5.82. The van der Waals surface area contributed by atoms with Gasteiger partial charge in [-0.3, -0.25) is 4.79 Å². The lowest BCUT2D eigenvalue weighted by atomic mass is 9.88. The fourth-order valence-electron chi connectivity index (χ4n) is 4.43. The molecule has 1 saturated carbocycles. The van der Waals surface area contributed by atoms with Crippen molar-refractivity contribution in [2.75, 3.05) is 5.73 Å². The minimum absolute atomic E-state index is 0.0977. The Kier molecular flexibility index (Phi) is 5.17. The molecular formula is C22H29N5O2. The predicted molar refractivity (Wildman–Crippen MR) is 114 cm³/mol. The molecule has 0 saturated heterocycles. The van der Waals surface area contributed by atoms with Crippen LogP contribution in [0.4, 0.5) is 5.82 Å². The number of carbonyl (C=O) groups excluding carboxylic acids is 1. The van der Waals surface area contributed by atoms with E-state index in [4.69, 9.17) is 5.73 Å². The van der Waals surface area contributed by atoms with Crippen LogP contribution < -0.4 is 11.1 Å². The second-order valence-corrected chi connectivity index (χ2v) is 8.69. The molecule has 2 heterocycles. The van der Waals surface area contributed by atoms with Gasteiger partial charge < -0.3 is 20.7 Å². The summed E-state index contributed by atoms with van der Waals surface area (Å²) in [5, 5.41) is 14.1. The Hall–Kier alpha value is -2.67. The van der Waals surface area contributed by atoms with Gasteiger partial charge in [0.05, 0.1) is 16.6 Å². The number of nitrogen functional groups attached to an aromatic ring is 1. The second-order valence-electron chi connectivity index (χ2n) is 8.69. The molecule has 0 atom stereocenters. The molecule has 4 N–H and O–H groups in total. The van der Waals surface area contributed by atoms with Crippen LogP contribution >= 0.6 is 0 Å². The average molecular weight is 396 g/mol. The van der Waals surface area contributed by atoms with Gasteiger partial charge in [-0.2, -0.15) is 0 Å². The number of rotatable bonds is 5. The van der Waals surface area contributed by atoms with Gasteiger partial charge in [-0.25, -0.2) is 9.97 Å². The Morgan fingerprint density at radius 1 is 1.24 bits per heavy atom. The summed E-state index contributed by atoms with van der Waals surface area (Å²) in [4.78, 5) is 21.8. The molecule has 29 heavy (non-hydrogen) atoms. The van der Waals surface area contributed by atoms with Gasteiger partial charge >= 0.3 is 0 Å². The van der Waals surface area contributed by atoms with E-state index in [1.807, 2.05) is 42.7 Å². The Bertz CT molecular complexity index is 1050. The Morgan fingerprint density at radius 3 is 2.69 bits per heavy atom. The summed E-state index contributed by atoms with van der Waals surface area (Å²) in [5.74, 6) is 1.08. The maximum Gasteiger partial charge on any atom is 0.223 e. The standard InChI is InChI=1S/C22H29N5O2/c1-22(2,26-21(29)14-8-4-3-5-9-14)13-27-17(12-28)25-18-19(27)15-10-6-7-11-16(15)24-20(18)23/h6-7,10-11,14,28H,3-5,8-9,12-13H2,1-2H3,(H2,23,24)(H,26,29). The van der Waals surface area contributed by atoms with E-state index in [1.165, 1.54) is 6.42 Å². The van der Waals surface area contributed by atoms with E-state index in [2.05, 4.69) is 15.3 Å². The summed E-state index contributed by atoms with van der Waals surface area (Å²) >= 11 is 0. The van der Waals surface area contributed by atoms with Crippen molar-refractivity contribution < 1.29 is 9.90 Å².